The maximum absolute atomic E-state index is 13.4. The van der Waals surface area contributed by atoms with Gasteiger partial charge in [0, 0.05) is 289 Å². The summed E-state index contributed by atoms with van der Waals surface area (Å²) in [5, 5.41) is 40.0. The molecule has 0 aliphatic heterocycles. The fourth-order valence-electron chi connectivity index (χ4n) is 11.5. The minimum Gasteiger partial charge on any atom is -0.512 e. The first-order valence-corrected chi connectivity index (χ1v) is 38.3. The second-order valence-electron chi connectivity index (χ2n) is 27.1. The van der Waals surface area contributed by atoms with Gasteiger partial charge < -0.3 is 24.9 Å². The molecule has 714 valence electrons. The first kappa shape index (κ1) is 116. The van der Waals surface area contributed by atoms with Crippen LogP contribution in [0.25, 0.3) is 67.8 Å². The zero-order valence-electron chi connectivity index (χ0n) is 71.3. The fourth-order valence-corrected chi connectivity index (χ4v) is 11.5. The number of methoxy groups -OCH3 is 1. The van der Waals surface area contributed by atoms with Crippen molar-refractivity contribution in [3.05, 3.63) is 458 Å². The van der Waals surface area contributed by atoms with E-state index in [9.17, 15) is 62.3 Å². The van der Waals surface area contributed by atoms with Crippen LogP contribution in [-0.4, -0.2) is 103 Å². The minimum absolute atomic E-state index is 0. The molecule has 1 aliphatic rings. The van der Waals surface area contributed by atoms with E-state index in [1.165, 1.54) is 128 Å². The molecule has 136 heavy (non-hydrogen) atoms. The van der Waals surface area contributed by atoms with E-state index in [2.05, 4.69) is 157 Å². The Morgan fingerprint density at radius 2 is 0.743 bits per heavy atom. The van der Waals surface area contributed by atoms with Crippen LogP contribution >= 0.6 is 0 Å². The second kappa shape index (κ2) is 57.8. The summed E-state index contributed by atoms with van der Waals surface area (Å²) in [5.74, 6) is -8.46. The predicted octanol–water partition coefficient (Wildman–Crippen LogP) is 21.2. The molecule has 6 radical (unpaired) electrons. The first-order valence-electron chi connectivity index (χ1n) is 38.3. The molecule has 0 fully saturated rings. The van der Waals surface area contributed by atoms with Crippen molar-refractivity contribution in [2.75, 3.05) is 7.11 Å². The van der Waals surface area contributed by atoms with Gasteiger partial charge in [-0.05, 0) is 132 Å². The van der Waals surface area contributed by atoms with E-state index in [0.29, 0.717) is 11.4 Å². The molecule has 38 heteroatoms. The average Bonchev–Trinajstić information content (AvgIpc) is 1.58. The minimum atomic E-state index is -0.990. The number of benzene rings is 9. The van der Waals surface area contributed by atoms with Crippen molar-refractivity contribution in [1.29, 1.82) is 0 Å². The Balaban J connectivity index is 0.000000317. The van der Waals surface area contributed by atoms with Gasteiger partial charge in [-0.2, -0.15) is 60.9 Å². The number of ether oxygens (including phenoxy) is 1. The zero-order chi connectivity index (χ0) is 93.2. The smallest absolute Gasteiger partial charge is 0.354 e. The van der Waals surface area contributed by atoms with Crippen molar-refractivity contribution in [2.45, 2.75) is 40.0 Å². The summed E-state index contributed by atoms with van der Waals surface area (Å²) >= 11 is 0. The van der Waals surface area contributed by atoms with E-state index in [4.69, 9.17) is 14.9 Å². The fraction of sp³-hybridized carbons (Fsp3) is 0.0714. The van der Waals surface area contributed by atoms with Crippen LogP contribution < -0.4 is 4.74 Å². The topological polar surface area (TPSA) is 229 Å². The number of allylic oxidation sites excluding steroid dienone is 2. The number of nitrogens with zero attached hydrogens (tertiary/aromatic N) is 15. The van der Waals surface area contributed by atoms with Crippen LogP contribution in [0, 0.1) is 125 Å². The van der Waals surface area contributed by atoms with Gasteiger partial charge in [0.1, 0.15) is 11.4 Å². The number of aliphatic hydroxyl groups is 1. The Kier molecular flexibility index (Phi) is 49.1. The molecule has 2 N–H and O–H groups in total. The molecular formula is C98H71F12Ir6N15O5-8. The zero-order valence-corrected chi connectivity index (χ0v) is 85.7. The predicted molar refractivity (Wildman–Crippen MR) is 458 cm³/mol. The summed E-state index contributed by atoms with van der Waals surface area (Å²) in [6.45, 7) is 9.46. The van der Waals surface area contributed by atoms with Crippen LogP contribution in [0.2, 0.25) is 0 Å². The number of ketones is 1. The van der Waals surface area contributed by atoms with Gasteiger partial charge >= 0.3 is 5.97 Å². The van der Waals surface area contributed by atoms with E-state index in [1.54, 1.807) is 98.0 Å². The number of halogens is 12. The van der Waals surface area contributed by atoms with Gasteiger partial charge in [-0.25, -0.2) is 9.78 Å². The number of carboxylic acid groups (broad SMARTS) is 1. The van der Waals surface area contributed by atoms with E-state index in [0.717, 1.165) is 89.7 Å². The van der Waals surface area contributed by atoms with E-state index in [-0.39, 0.29) is 177 Å². The quantitative estimate of drug-likeness (QED) is 0.0531. The normalized spacial score (nSPS) is 10.4. The van der Waals surface area contributed by atoms with Crippen LogP contribution in [0.3, 0.4) is 0 Å². The summed E-state index contributed by atoms with van der Waals surface area (Å²) in [7, 11) is 1.50. The summed E-state index contributed by atoms with van der Waals surface area (Å²) in [6, 6.07) is 75.8. The monoisotopic (exact) mass is 2920 g/mol. The van der Waals surface area contributed by atoms with Gasteiger partial charge in [0.15, 0.2) is 5.78 Å². The molecule has 1 aliphatic carbocycles. The van der Waals surface area contributed by atoms with Crippen molar-refractivity contribution < 1.29 is 198 Å². The number of fused-ring (bicyclic) bond motifs is 3. The van der Waals surface area contributed by atoms with E-state index >= 15 is 0 Å². The number of carboxylic acids is 1. The molecule has 19 rings (SSSR count). The molecule has 20 nitrogen and oxygen atoms in total. The second-order valence-corrected chi connectivity index (χ2v) is 27.1. The molecule has 18 aromatic rings. The third-order valence-electron chi connectivity index (χ3n) is 17.4. The van der Waals surface area contributed by atoms with Crippen molar-refractivity contribution in [3.63, 3.8) is 0 Å². The molecule has 0 amide bonds. The van der Waals surface area contributed by atoms with Crippen LogP contribution in [0.1, 0.15) is 54.9 Å². The number of carbonyl (C=O) groups is 2. The number of rotatable bonds is 11. The van der Waals surface area contributed by atoms with Crippen LogP contribution in [0.4, 0.5) is 52.7 Å². The Hall–Kier alpha value is -12.8. The van der Waals surface area contributed by atoms with Gasteiger partial charge in [-0.1, -0.05) is 86.0 Å². The summed E-state index contributed by atoms with van der Waals surface area (Å²) in [5.41, 5.74) is 10.6. The van der Waals surface area contributed by atoms with Gasteiger partial charge in [0.05, 0.1) is 12.9 Å². The molecule has 0 unspecified atom stereocenters. The van der Waals surface area contributed by atoms with Crippen molar-refractivity contribution in [2.24, 2.45) is 0 Å². The molecular weight excluding hydrogens is 2850 g/mol. The Morgan fingerprint density at radius 3 is 1.06 bits per heavy atom. The number of hydrogen-bond donors (Lipinski definition) is 2. The van der Waals surface area contributed by atoms with Gasteiger partial charge in [-0.3, -0.25) is 85.6 Å². The molecule has 0 spiro atoms. The van der Waals surface area contributed by atoms with Crippen LogP contribution in [-0.2, 0) is 131 Å². The molecule has 9 aromatic carbocycles. The molecule has 0 bridgehead atoms. The number of aryl methyl sites for hydroxylation is 1. The third kappa shape index (κ3) is 34.5. The number of pyridine rings is 3. The standard InChI is InChI=1S/C18H15N2.C12H8F2NO.C12H10N.5C9H5F2N2.C6H5NO2.C5H8O2.6Ir/c1-18(2)16-7-4-3-6-14(16)15-12-13(8-9-17(15)18)20-11-5-10-19-20;1-16-9-4-5-15-12(7-9)10-3-2-8(13)6-11(10)14;1-10-5-7-11(8-6-10)12-4-2-3-9-13-12;5*10-7-2-3-9(8(11)6-7)13-5-1-4-12-13;8-6(9)5-3-1-2-4-7-5;1-4(6)3-5(2)7;;;;;;/h3-11H,1-2H3;2,4-7H,1H3;2-7,9H,1H3;5*1-2,4-6H;1-4H,(H,8,9);3,6H,1-2H3;;;;;;/q8*-1;;;;;;;;. The van der Waals surface area contributed by atoms with Crippen LogP contribution in [0.15, 0.2) is 317 Å². The molecule has 0 saturated heterocycles. The summed E-state index contributed by atoms with van der Waals surface area (Å²) in [4.78, 5) is 32.0. The maximum atomic E-state index is 13.4. The number of carbonyl (C=O) groups excluding carboxylic acids is 1. The third-order valence-corrected chi connectivity index (χ3v) is 17.4. The molecule has 0 atom stereocenters. The van der Waals surface area contributed by atoms with Gasteiger partial charge in [-0.15, -0.1) is 138 Å². The maximum Gasteiger partial charge on any atom is 0.354 e. The Bertz CT molecular complexity index is 6200. The number of aliphatic hydroxyl groups excluding tert-OH is 1. The molecule has 9 aromatic heterocycles. The Morgan fingerprint density at radius 1 is 0.368 bits per heavy atom. The number of hydrogen-bond acceptors (Lipinski definition) is 13. The summed E-state index contributed by atoms with van der Waals surface area (Å²) < 4.78 is 167. The first-order chi connectivity index (χ1) is 62.5. The van der Waals surface area contributed by atoms with Gasteiger partial charge in [0.2, 0.25) is 0 Å². The van der Waals surface area contributed by atoms with E-state index in [1.807, 2.05) is 47.3 Å². The van der Waals surface area contributed by atoms with E-state index < -0.39 is 75.8 Å². The SMILES string of the molecule is CC(=O)C=C(C)O.CC1(C)c2ccc(-n3cccn3)[c-]c2-c2ccccc21.COc1ccnc(-c2[c-]cc(F)cc2F)c1.Cc1c[c-]c(-c2ccccn2)cc1.Fc1c[c-]c(-n2cccn2)c(F)c1.Fc1c[c-]c(-n2cccn2)c(F)c1.Fc1c[c-]c(-n2cccn2)c(F)c1.Fc1c[c-]c(-n2cccn2)c(F)c1.Fc1c[c-]c(-n2cccn2)c(F)c1.O=C(O)c1ccccn1.[Ir].[Ir].[Ir].[Ir].[Ir].[Ir]. The number of aromatic carboxylic acids is 1. The Labute approximate surface area is 854 Å². The average molecular weight is 2920 g/mol. The van der Waals surface area contributed by atoms with Crippen LogP contribution in [0.5, 0.6) is 5.75 Å². The summed E-state index contributed by atoms with van der Waals surface area (Å²) in [6.07, 6.45) is 25.0. The molecule has 9 heterocycles. The van der Waals surface area contributed by atoms with Gasteiger partial charge in [0.25, 0.3) is 0 Å². The van der Waals surface area contributed by atoms with Crippen molar-refractivity contribution >= 4 is 11.8 Å². The largest absolute Gasteiger partial charge is 0.512 e. The van der Waals surface area contributed by atoms with Crippen molar-refractivity contribution in [1.82, 2.24) is 73.6 Å². The van der Waals surface area contributed by atoms with Crippen molar-refractivity contribution in [3.8, 4) is 73.5 Å². The number of aromatic nitrogens is 15. The molecule has 0 saturated carbocycles.